The van der Waals surface area contributed by atoms with E-state index in [1.54, 1.807) is 15.9 Å². The molecule has 340 valence electrons. The molecule has 5 heterocycles. The predicted octanol–water partition coefficient (Wildman–Crippen LogP) is 7.76. The van der Waals surface area contributed by atoms with Crippen molar-refractivity contribution in [2.45, 2.75) is 102 Å². The van der Waals surface area contributed by atoms with Crippen LogP contribution in [0.15, 0.2) is 54.6 Å². The summed E-state index contributed by atoms with van der Waals surface area (Å²) in [6.45, 7) is 8.66. The SMILES string of the molecule is COC(=O)N[C@H](C(=O)N1CCC[C@H]1c1nc2ccc([C@H]3CC[C@H](c4ccc5nc([C@@H]6CCCN6C(=O)[C@@H](NC(=O)OC)C(C)C)[nH]c5c4)N3c3ccc(OC)c(F)c3)cc2[nH]1)C(C)C. The van der Waals surface area contributed by atoms with Gasteiger partial charge in [-0.1, -0.05) is 39.8 Å². The molecule has 16 nitrogen and oxygen atoms in total. The molecule has 0 saturated carbocycles. The fraction of sp³-hybridized carbons (Fsp3) is 0.489. The highest BCUT2D eigenvalue weighted by molar-refractivity contribution is 5.87. The van der Waals surface area contributed by atoms with Crippen LogP contribution in [0, 0.1) is 17.7 Å². The Kier molecular flexibility index (Phi) is 12.7. The molecule has 0 radical (unpaired) electrons. The van der Waals surface area contributed by atoms with Gasteiger partial charge in [-0.2, -0.15) is 0 Å². The van der Waals surface area contributed by atoms with E-state index in [4.69, 9.17) is 24.2 Å². The number of carbonyl (C=O) groups excluding carboxylic acids is 4. The average Bonchev–Trinajstić information content (AvgIpc) is 4.14. The van der Waals surface area contributed by atoms with Crippen LogP contribution in [-0.2, 0) is 19.1 Å². The van der Waals surface area contributed by atoms with Crippen LogP contribution < -0.4 is 20.3 Å². The van der Waals surface area contributed by atoms with E-state index in [1.165, 1.54) is 27.4 Å². The molecule has 5 aromatic rings. The molecule has 8 rings (SSSR count). The van der Waals surface area contributed by atoms with Crippen LogP contribution in [0.25, 0.3) is 22.1 Å². The molecule has 3 fully saturated rings. The minimum atomic E-state index is -0.738. The van der Waals surface area contributed by atoms with Crippen LogP contribution in [0.3, 0.4) is 0 Å². The van der Waals surface area contributed by atoms with Crippen molar-refractivity contribution < 1.29 is 37.8 Å². The number of hydrogen-bond acceptors (Lipinski definition) is 10. The monoisotopic (exact) mass is 879 g/mol. The van der Waals surface area contributed by atoms with Crippen molar-refractivity contribution in [2.75, 3.05) is 39.3 Å². The van der Waals surface area contributed by atoms with Crippen molar-refractivity contribution in [1.82, 2.24) is 40.4 Å². The molecule has 2 aromatic heterocycles. The molecule has 0 bridgehead atoms. The number of alkyl carbamates (subject to hydrolysis) is 2. The zero-order valence-electron chi connectivity index (χ0n) is 37.4. The molecule has 4 amide bonds. The number of benzene rings is 3. The second kappa shape index (κ2) is 18.4. The van der Waals surface area contributed by atoms with Gasteiger partial charge >= 0.3 is 12.2 Å². The first-order valence-corrected chi connectivity index (χ1v) is 22.2. The summed E-state index contributed by atoms with van der Waals surface area (Å²) < 4.78 is 30.4. The quantitative estimate of drug-likeness (QED) is 0.0965. The molecule has 3 aliphatic heterocycles. The molecular weight excluding hydrogens is 822 g/mol. The number of anilines is 1. The normalized spacial score (nSPS) is 20.9. The second-order valence-electron chi connectivity index (χ2n) is 17.7. The van der Waals surface area contributed by atoms with Crippen molar-refractivity contribution in [3.63, 3.8) is 0 Å². The Balaban J connectivity index is 1.08. The maximum atomic E-state index is 15.5. The number of methoxy groups -OCH3 is 3. The summed E-state index contributed by atoms with van der Waals surface area (Å²) in [5, 5.41) is 5.42. The van der Waals surface area contributed by atoms with Gasteiger partial charge in [-0.05, 0) is 97.9 Å². The van der Waals surface area contributed by atoms with E-state index < -0.39 is 30.1 Å². The largest absolute Gasteiger partial charge is 0.494 e. The average molecular weight is 880 g/mol. The number of nitrogens with zero attached hydrogens (tertiary/aromatic N) is 5. The van der Waals surface area contributed by atoms with Crippen molar-refractivity contribution in [1.29, 1.82) is 0 Å². The summed E-state index contributed by atoms with van der Waals surface area (Å²) in [4.78, 5) is 74.8. The number of likely N-dealkylation sites (tertiary alicyclic amines) is 2. The van der Waals surface area contributed by atoms with E-state index in [-0.39, 0.29) is 53.6 Å². The first kappa shape index (κ1) is 44.2. The van der Waals surface area contributed by atoms with E-state index in [1.807, 2.05) is 45.9 Å². The zero-order valence-corrected chi connectivity index (χ0v) is 37.4. The number of fused-ring (bicyclic) bond motifs is 2. The van der Waals surface area contributed by atoms with Crippen LogP contribution in [0.2, 0.25) is 0 Å². The summed E-state index contributed by atoms with van der Waals surface area (Å²) >= 11 is 0. The summed E-state index contributed by atoms with van der Waals surface area (Å²) in [6.07, 6.45) is 3.33. The van der Waals surface area contributed by atoms with Gasteiger partial charge in [-0.3, -0.25) is 9.59 Å². The Bertz CT molecular complexity index is 2390. The van der Waals surface area contributed by atoms with Gasteiger partial charge in [0.2, 0.25) is 11.8 Å². The van der Waals surface area contributed by atoms with Gasteiger partial charge in [0.05, 0.1) is 67.6 Å². The molecule has 4 N–H and O–H groups in total. The molecule has 0 unspecified atom stereocenters. The minimum absolute atomic E-state index is 0.131. The van der Waals surface area contributed by atoms with Crippen LogP contribution >= 0.6 is 0 Å². The zero-order chi connectivity index (χ0) is 45.4. The smallest absolute Gasteiger partial charge is 0.407 e. The van der Waals surface area contributed by atoms with Crippen molar-refractivity contribution in [2.24, 2.45) is 11.8 Å². The number of aromatic amines is 2. The highest BCUT2D eigenvalue weighted by Crippen LogP contribution is 2.48. The number of amides is 4. The van der Waals surface area contributed by atoms with Crippen LogP contribution in [-0.4, -0.2) is 100 Å². The fourth-order valence-electron chi connectivity index (χ4n) is 9.85. The number of carbonyl (C=O) groups is 4. The Morgan fingerprint density at radius 1 is 0.656 bits per heavy atom. The molecular formula is C47H58FN9O7. The van der Waals surface area contributed by atoms with Crippen LogP contribution in [0.1, 0.15) is 113 Å². The molecule has 3 aliphatic rings. The van der Waals surface area contributed by atoms with Crippen LogP contribution in [0.5, 0.6) is 5.75 Å². The molecule has 0 aliphatic carbocycles. The molecule has 64 heavy (non-hydrogen) atoms. The van der Waals surface area contributed by atoms with Gasteiger partial charge in [-0.25, -0.2) is 23.9 Å². The Morgan fingerprint density at radius 2 is 1.12 bits per heavy atom. The number of rotatable bonds is 12. The Hall–Kier alpha value is -6.39. The van der Waals surface area contributed by atoms with E-state index in [9.17, 15) is 19.2 Å². The number of imidazole rings is 2. The number of nitrogens with one attached hydrogen (secondary N) is 4. The van der Waals surface area contributed by atoms with Crippen molar-refractivity contribution >= 4 is 51.8 Å². The molecule has 0 spiro atoms. The topological polar surface area (TPSA) is 187 Å². The maximum Gasteiger partial charge on any atom is 0.407 e. The summed E-state index contributed by atoms with van der Waals surface area (Å²) in [7, 11) is 4.01. The van der Waals surface area contributed by atoms with Crippen molar-refractivity contribution in [3.8, 4) is 5.75 Å². The summed E-state index contributed by atoms with van der Waals surface area (Å²) in [6, 6.07) is 15.1. The number of H-pyrrole nitrogens is 2. The lowest BCUT2D eigenvalue weighted by Gasteiger charge is -2.33. The van der Waals surface area contributed by atoms with E-state index >= 15 is 4.39 Å². The van der Waals surface area contributed by atoms with Gasteiger partial charge in [0.1, 0.15) is 23.7 Å². The molecule has 6 atom stereocenters. The molecule has 3 saturated heterocycles. The fourth-order valence-corrected chi connectivity index (χ4v) is 9.85. The number of halogens is 1. The number of hydrogen-bond donors (Lipinski definition) is 4. The third-order valence-corrected chi connectivity index (χ3v) is 13.1. The lowest BCUT2D eigenvalue weighted by atomic mass is 10.0. The lowest BCUT2D eigenvalue weighted by Crippen LogP contribution is -2.51. The highest BCUT2D eigenvalue weighted by atomic mass is 19.1. The Labute approximate surface area is 371 Å². The van der Waals surface area contributed by atoms with E-state index in [0.29, 0.717) is 30.4 Å². The maximum absolute atomic E-state index is 15.5. The van der Waals surface area contributed by atoms with Gasteiger partial charge in [0, 0.05) is 24.8 Å². The minimum Gasteiger partial charge on any atom is -0.494 e. The van der Waals surface area contributed by atoms with Crippen LogP contribution in [0.4, 0.5) is 19.7 Å². The van der Waals surface area contributed by atoms with Gasteiger partial charge in [-0.15, -0.1) is 0 Å². The third-order valence-electron chi connectivity index (χ3n) is 13.1. The Morgan fingerprint density at radius 3 is 1.53 bits per heavy atom. The van der Waals surface area contributed by atoms with E-state index in [2.05, 4.69) is 49.8 Å². The third kappa shape index (κ3) is 8.51. The first-order valence-electron chi connectivity index (χ1n) is 22.2. The van der Waals surface area contributed by atoms with Gasteiger partial charge in [0.15, 0.2) is 11.6 Å². The highest BCUT2D eigenvalue weighted by Gasteiger charge is 2.40. The van der Waals surface area contributed by atoms with E-state index in [0.717, 1.165) is 71.7 Å². The standard InChI is InChI=1S/C47H58FN9O7/c1-25(2)40(53-46(60)63-6)44(58)55-20-8-10-37(55)42-49-31-15-12-27(22-33(31)51-42)35-17-18-36(57(35)29-14-19-39(62-5)30(48)24-29)28-13-16-32-34(23-28)52-43(50-32)38-11-9-21-56(38)45(59)41(26(3)4)54-47(61)64-7/h12-16,19,22-26,35-38,40-41H,8-11,17-18,20-21H2,1-7H3,(H,49,51)(H,50,52)(H,53,60)(H,54,61)/t35-,36-,37+,38+,40+,41+/m1/s1. The van der Waals surface area contributed by atoms with Gasteiger partial charge in [0.25, 0.3) is 0 Å². The molecule has 17 heteroatoms. The lowest BCUT2D eigenvalue weighted by molar-refractivity contribution is -0.136. The second-order valence-corrected chi connectivity index (χ2v) is 17.7. The number of aromatic nitrogens is 4. The predicted molar refractivity (Wildman–Crippen MR) is 238 cm³/mol. The summed E-state index contributed by atoms with van der Waals surface area (Å²) in [5.41, 5.74) is 5.96. The number of ether oxygens (including phenoxy) is 3. The molecule has 3 aromatic carbocycles. The van der Waals surface area contributed by atoms with Gasteiger partial charge < -0.3 is 49.5 Å². The first-order chi connectivity index (χ1) is 30.8. The van der Waals surface area contributed by atoms with Crippen molar-refractivity contribution in [3.05, 3.63) is 83.2 Å². The summed E-state index contributed by atoms with van der Waals surface area (Å²) in [5.74, 6) is 0.435.